The highest BCUT2D eigenvalue weighted by Gasteiger charge is 2.48. The topological polar surface area (TPSA) is 83.6 Å². The molecule has 20 heavy (non-hydrogen) atoms. The molecule has 0 aliphatic carbocycles. The van der Waals surface area contributed by atoms with Crippen molar-refractivity contribution in [2.45, 2.75) is 24.8 Å². The van der Waals surface area contributed by atoms with Gasteiger partial charge in [-0.1, -0.05) is 24.3 Å². The van der Waals surface area contributed by atoms with E-state index in [-0.39, 0.29) is 17.0 Å². The smallest absolute Gasteiger partial charge is 0.353 e. The number of hydrogen-bond acceptors (Lipinski definition) is 4. The van der Waals surface area contributed by atoms with Crippen LogP contribution in [0.2, 0.25) is 0 Å². The lowest BCUT2D eigenvalue weighted by Crippen LogP contribution is -2.48. The van der Waals surface area contributed by atoms with Gasteiger partial charge in [0.2, 0.25) is 5.91 Å². The number of benzene rings is 1. The molecule has 1 saturated heterocycles. The molecule has 0 radical (unpaired) electrons. The lowest BCUT2D eigenvalue weighted by Gasteiger charge is -2.33. The van der Waals surface area contributed by atoms with Crippen molar-refractivity contribution in [2.75, 3.05) is 0 Å². The quantitative estimate of drug-likeness (QED) is 0.816. The summed E-state index contributed by atoms with van der Waals surface area (Å²) in [6, 6.07) is 7.78. The molecule has 1 aromatic rings. The van der Waals surface area contributed by atoms with Crippen molar-refractivity contribution in [3.05, 3.63) is 46.0 Å². The number of carboxylic acids is 1. The maximum atomic E-state index is 11.5. The summed E-state index contributed by atoms with van der Waals surface area (Å²) in [6.07, 6.45) is 0.967. The maximum absolute atomic E-state index is 11.5. The van der Waals surface area contributed by atoms with Gasteiger partial charge in [0.1, 0.15) is 5.70 Å². The van der Waals surface area contributed by atoms with Crippen LogP contribution in [0, 0.1) is 0 Å². The van der Waals surface area contributed by atoms with Crippen LogP contribution in [0.5, 0.6) is 0 Å². The zero-order chi connectivity index (χ0) is 14.3. The number of fused-ring (bicyclic) bond motifs is 1. The molecule has 2 heterocycles. The second-order valence-corrected chi connectivity index (χ2v) is 6.09. The monoisotopic (exact) mass is 290 g/mol. The Labute approximate surface area is 120 Å². The van der Waals surface area contributed by atoms with Crippen LogP contribution < -0.4 is 5.73 Å². The number of nitrogens with two attached hydrogens (primary N) is 1. The number of hydrogen-bond donors (Lipinski definition) is 2. The number of nitrogens with zero attached hydrogens (tertiary/aromatic N) is 1. The number of carbonyl (C=O) groups is 2. The molecule has 1 fully saturated rings. The first-order valence-electron chi connectivity index (χ1n) is 6.33. The number of thioether (sulfide) groups is 1. The van der Waals surface area contributed by atoms with Gasteiger partial charge in [-0.3, -0.25) is 9.69 Å². The average Bonchev–Trinajstić information content (AvgIpc) is 2.72. The van der Waals surface area contributed by atoms with Gasteiger partial charge in [-0.25, -0.2) is 4.79 Å². The highest BCUT2D eigenvalue weighted by Crippen LogP contribution is 2.47. The Hall–Kier alpha value is -1.79. The van der Waals surface area contributed by atoms with Gasteiger partial charge in [-0.15, -0.1) is 11.8 Å². The molecule has 6 heteroatoms. The molecule has 2 aliphatic heterocycles. The summed E-state index contributed by atoms with van der Waals surface area (Å²) in [4.78, 5) is 25.0. The first-order chi connectivity index (χ1) is 9.60. The Bertz CT molecular complexity index is 609. The molecule has 5 nitrogen and oxygen atoms in total. The molecule has 3 rings (SSSR count). The number of rotatable bonds is 4. The van der Waals surface area contributed by atoms with Gasteiger partial charge in [0.05, 0.1) is 11.8 Å². The third-order valence-electron chi connectivity index (χ3n) is 3.52. The second-order valence-electron chi connectivity index (χ2n) is 4.81. The van der Waals surface area contributed by atoms with E-state index in [2.05, 4.69) is 0 Å². The van der Waals surface area contributed by atoms with E-state index in [0.717, 1.165) is 16.0 Å². The normalized spacial score (nSPS) is 20.9. The van der Waals surface area contributed by atoms with Gasteiger partial charge < -0.3 is 10.8 Å². The summed E-state index contributed by atoms with van der Waals surface area (Å²) in [5, 5.41) is 9.28. The van der Waals surface area contributed by atoms with Crippen LogP contribution in [-0.4, -0.2) is 27.3 Å². The molecular formula is C14H14N2O3S. The fourth-order valence-corrected chi connectivity index (χ4v) is 3.86. The van der Waals surface area contributed by atoms with Crippen LogP contribution in [0.4, 0.5) is 0 Å². The second kappa shape index (κ2) is 4.96. The molecule has 0 unspecified atom stereocenters. The van der Waals surface area contributed by atoms with Gasteiger partial charge in [0.15, 0.2) is 0 Å². The summed E-state index contributed by atoms with van der Waals surface area (Å²) >= 11 is 1.48. The Morgan fingerprint density at radius 1 is 1.35 bits per heavy atom. The van der Waals surface area contributed by atoms with Crippen LogP contribution in [0.25, 0.3) is 0 Å². The summed E-state index contributed by atoms with van der Waals surface area (Å²) in [5.41, 5.74) is 7.77. The van der Waals surface area contributed by atoms with Crippen molar-refractivity contribution >= 4 is 23.6 Å². The molecular weight excluding hydrogens is 276 g/mol. The third-order valence-corrected chi connectivity index (χ3v) is 4.79. The summed E-state index contributed by atoms with van der Waals surface area (Å²) in [7, 11) is 0. The molecule has 0 aromatic heterocycles. The summed E-state index contributed by atoms with van der Waals surface area (Å²) < 4.78 is 0. The predicted octanol–water partition coefficient (Wildman–Crippen LogP) is 1.29. The van der Waals surface area contributed by atoms with Crippen molar-refractivity contribution in [1.29, 1.82) is 0 Å². The van der Waals surface area contributed by atoms with Crippen LogP contribution in [-0.2, 0) is 22.6 Å². The van der Waals surface area contributed by atoms with E-state index in [9.17, 15) is 14.7 Å². The number of aliphatic carboxylic acids is 1. The van der Waals surface area contributed by atoms with Crippen LogP contribution in [0.1, 0.15) is 17.5 Å². The third kappa shape index (κ3) is 2.10. The summed E-state index contributed by atoms with van der Waals surface area (Å²) in [5.74, 6) is -1.13. The van der Waals surface area contributed by atoms with E-state index in [0.29, 0.717) is 19.4 Å². The molecule has 0 spiro atoms. The van der Waals surface area contributed by atoms with E-state index in [1.165, 1.54) is 16.7 Å². The van der Waals surface area contributed by atoms with E-state index < -0.39 is 5.97 Å². The van der Waals surface area contributed by atoms with Crippen LogP contribution in [0.15, 0.2) is 34.9 Å². The van der Waals surface area contributed by atoms with E-state index >= 15 is 0 Å². The van der Waals surface area contributed by atoms with E-state index in [4.69, 9.17) is 5.73 Å². The van der Waals surface area contributed by atoms with Gasteiger partial charge in [-0.05, 0) is 11.1 Å². The highest BCUT2D eigenvalue weighted by atomic mass is 32.2. The predicted molar refractivity (Wildman–Crippen MR) is 75.5 cm³/mol. The van der Waals surface area contributed by atoms with Crippen LogP contribution in [0.3, 0.4) is 0 Å². The Morgan fingerprint density at radius 2 is 2.00 bits per heavy atom. The van der Waals surface area contributed by atoms with E-state index in [1.54, 1.807) is 0 Å². The lowest BCUT2D eigenvalue weighted by atomic mass is 10.1. The van der Waals surface area contributed by atoms with Gasteiger partial charge in [0.25, 0.3) is 0 Å². The van der Waals surface area contributed by atoms with Crippen molar-refractivity contribution < 1.29 is 14.7 Å². The molecule has 104 valence electrons. The largest absolute Gasteiger partial charge is 0.477 e. The number of carboxylic acid groups (broad SMARTS) is 1. The zero-order valence-corrected chi connectivity index (χ0v) is 11.5. The van der Waals surface area contributed by atoms with Crippen molar-refractivity contribution in [3.63, 3.8) is 0 Å². The van der Waals surface area contributed by atoms with Crippen LogP contribution >= 0.6 is 11.8 Å². The molecule has 1 amide bonds. The van der Waals surface area contributed by atoms with Crippen molar-refractivity contribution in [3.8, 4) is 0 Å². The lowest BCUT2D eigenvalue weighted by molar-refractivity contribution is -0.145. The highest BCUT2D eigenvalue weighted by molar-refractivity contribution is 8.04. The van der Waals surface area contributed by atoms with Crippen molar-refractivity contribution in [2.24, 2.45) is 5.73 Å². The van der Waals surface area contributed by atoms with E-state index in [1.807, 2.05) is 24.3 Å². The van der Waals surface area contributed by atoms with Crippen molar-refractivity contribution in [1.82, 2.24) is 4.90 Å². The molecule has 0 saturated carbocycles. The van der Waals surface area contributed by atoms with Gasteiger partial charge in [0, 0.05) is 17.9 Å². The Balaban J connectivity index is 1.85. The first kappa shape index (κ1) is 13.2. The molecule has 2 aliphatic rings. The zero-order valence-electron chi connectivity index (χ0n) is 10.7. The first-order valence-corrected chi connectivity index (χ1v) is 7.21. The fraction of sp³-hybridized carbons (Fsp3) is 0.286. The Morgan fingerprint density at radius 3 is 2.55 bits per heavy atom. The molecule has 0 bridgehead atoms. The maximum Gasteiger partial charge on any atom is 0.353 e. The fourth-order valence-electron chi connectivity index (χ4n) is 2.43. The number of carbonyl (C=O) groups excluding carboxylic acids is 1. The SMILES string of the molecule is NCc1ccc(CC2=C(C(=O)O)N3C(=O)C[C@H]3S2)cc1. The average molecular weight is 290 g/mol. The number of allylic oxidation sites excluding steroid dienone is 1. The van der Waals surface area contributed by atoms with Gasteiger partial charge in [-0.2, -0.15) is 0 Å². The minimum atomic E-state index is -1.03. The summed E-state index contributed by atoms with van der Waals surface area (Å²) in [6.45, 7) is 0.489. The standard InChI is InChI=1S/C14H14N2O3S/c15-7-9-3-1-8(2-4-9)5-10-13(14(18)19)16-11(17)6-12(16)20-10/h1-4,12H,5-7,15H2,(H,18,19)/t12-/m1/s1. The molecule has 3 N–H and O–H groups in total. The molecule has 1 aromatic carbocycles. The Kier molecular flexibility index (Phi) is 3.27. The number of amides is 1. The molecule has 1 atom stereocenters. The number of β-lactam (4-membered cyclic amide) rings is 1. The minimum absolute atomic E-state index is 0.0214. The minimum Gasteiger partial charge on any atom is -0.477 e. The van der Waals surface area contributed by atoms with Gasteiger partial charge >= 0.3 is 5.97 Å².